The molecule has 8 aromatic heterocycles. The van der Waals surface area contributed by atoms with Crippen LogP contribution in [0.5, 0.6) is 0 Å². The quantitative estimate of drug-likeness (QED) is 0.186. The number of para-hydroxylation sites is 8. The fourth-order valence-electron chi connectivity index (χ4n) is 15.5. The van der Waals surface area contributed by atoms with E-state index in [0.29, 0.717) is 10.8 Å². The van der Waals surface area contributed by atoms with Crippen LogP contribution in [0, 0.1) is 0 Å². The Bertz CT molecular complexity index is 6850. The van der Waals surface area contributed by atoms with Crippen LogP contribution in [0.4, 0.5) is 0 Å². The maximum absolute atomic E-state index is 6.32. The topological polar surface area (TPSA) is 81.1 Å². The molecule has 0 amide bonds. The number of hydrogen-bond donors (Lipinski definition) is 1. The third-order valence-corrected chi connectivity index (χ3v) is 20.0. The van der Waals surface area contributed by atoms with Crippen molar-refractivity contribution in [1.29, 1.82) is 0 Å². The molecule has 0 radical (unpaired) electrons. The molecule has 0 fully saturated rings. The molecule has 0 aliphatic rings. The van der Waals surface area contributed by atoms with Crippen LogP contribution in [0.3, 0.4) is 0 Å². The smallest absolute Gasteiger partial charge is 0.165 e. The van der Waals surface area contributed by atoms with Gasteiger partial charge in [0.2, 0.25) is 0 Å². The van der Waals surface area contributed by atoms with Crippen LogP contribution in [0.15, 0.2) is 315 Å². The van der Waals surface area contributed by atoms with Crippen LogP contribution < -0.4 is 0 Å². The van der Waals surface area contributed by atoms with E-state index in [-0.39, 0.29) is 0 Å². The molecule has 452 valence electrons. The molecule has 22 aromatic rings. The molecule has 1 N–H and O–H groups in total. The van der Waals surface area contributed by atoms with Gasteiger partial charge in [-0.3, -0.25) is 4.57 Å². The molecule has 0 unspecified atom stereocenters. The molecule has 0 spiro atoms. The Kier molecular flexibility index (Phi) is 12.2. The molecule has 0 aliphatic heterocycles. The zero-order chi connectivity index (χ0) is 63.8. The van der Waals surface area contributed by atoms with Crippen LogP contribution >= 0.6 is 11.6 Å². The van der Waals surface area contributed by atoms with Crippen LogP contribution in [0.1, 0.15) is 0 Å². The number of H-pyrrole nitrogens is 1. The molecular formula is C88H53ClN8. The summed E-state index contributed by atoms with van der Waals surface area (Å²) in [7, 11) is 0. The van der Waals surface area contributed by atoms with Crippen molar-refractivity contribution in [3.05, 3.63) is 321 Å². The molecule has 0 bridgehead atoms. The number of nitrogens with zero attached hydrogens (tertiary/aromatic N) is 7. The van der Waals surface area contributed by atoms with Gasteiger partial charge in [-0.05, 0) is 106 Å². The maximum Gasteiger partial charge on any atom is 0.165 e. The number of halogens is 1. The third-order valence-electron chi connectivity index (χ3n) is 19.7. The van der Waals surface area contributed by atoms with Gasteiger partial charge in [0.25, 0.3) is 0 Å². The molecular weight excluding hydrogens is 1200 g/mol. The second-order valence-corrected chi connectivity index (χ2v) is 25.3. The highest BCUT2D eigenvalue weighted by Crippen LogP contribution is 2.47. The molecule has 9 heteroatoms. The van der Waals surface area contributed by atoms with E-state index in [1.165, 1.54) is 131 Å². The number of rotatable bonds is 5. The van der Waals surface area contributed by atoms with Crippen molar-refractivity contribution in [2.45, 2.75) is 0 Å². The average molecular weight is 1260 g/mol. The van der Waals surface area contributed by atoms with Crippen molar-refractivity contribution in [3.63, 3.8) is 0 Å². The first kappa shape index (κ1) is 54.8. The lowest BCUT2D eigenvalue weighted by atomic mass is 10.0. The summed E-state index contributed by atoms with van der Waals surface area (Å²) in [6.45, 7) is 0. The summed E-state index contributed by atoms with van der Waals surface area (Å²) >= 11 is 6.32. The molecule has 8 heterocycles. The van der Waals surface area contributed by atoms with E-state index in [9.17, 15) is 0 Å². The molecule has 8 nitrogen and oxygen atoms in total. The number of fused-ring (bicyclic) bond motifs is 14. The monoisotopic (exact) mass is 1260 g/mol. The summed E-state index contributed by atoms with van der Waals surface area (Å²) in [4.78, 5) is 23.4. The van der Waals surface area contributed by atoms with Gasteiger partial charge in [-0.25, -0.2) is 19.9 Å². The van der Waals surface area contributed by atoms with E-state index in [2.05, 4.69) is 277 Å². The van der Waals surface area contributed by atoms with Gasteiger partial charge in [0.1, 0.15) is 11.4 Å². The summed E-state index contributed by atoms with van der Waals surface area (Å²) in [6, 6.07) is 111. The maximum atomic E-state index is 6.32. The highest BCUT2D eigenvalue weighted by Gasteiger charge is 2.26. The minimum absolute atomic E-state index is 0.427. The predicted octanol–water partition coefficient (Wildman–Crippen LogP) is 23.3. The first-order chi connectivity index (χ1) is 48.1. The SMILES string of the molecule is Clc1nc2ccccc2nc1-c1ccc(-c2ccccc2)cc1.c1cc2[nH]c3ccc4c5ccccc5n5c6ccccc6c(c1)c2c3c45.c1ccc(-c2ccc(-c3nc4ccccc4nc3-n3c4cccc5c6ccccc6n6c7ccccc7c7ccc3c(c54)c76)cc2)cc1. The summed E-state index contributed by atoms with van der Waals surface area (Å²) in [5, 5.41) is 15.8. The number of benzene rings is 14. The summed E-state index contributed by atoms with van der Waals surface area (Å²) in [6.07, 6.45) is 0. The normalized spacial score (nSPS) is 12.0. The van der Waals surface area contributed by atoms with Crippen LogP contribution in [0.25, 0.3) is 192 Å². The van der Waals surface area contributed by atoms with Crippen molar-refractivity contribution < 1.29 is 0 Å². The Balaban J connectivity index is 0.000000110. The van der Waals surface area contributed by atoms with Crippen molar-refractivity contribution in [1.82, 2.24) is 38.3 Å². The van der Waals surface area contributed by atoms with Crippen LogP contribution in [-0.4, -0.2) is 38.3 Å². The molecule has 0 saturated carbocycles. The Morgan fingerprint density at radius 2 is 0.608 bits per heavy atom. The van der Waals surface area contributed by atoms with Crippen LogP contribution in [-0.2, 0) is 0 Å². The lowest BCUT2D eigenvalue weighted by Crippen LogP contribution is -2.03. The number of nitrogens with one attached hydrogen (secondary N) is 1. The Labute approximate surface area is 559 Å². The minimum atomic E-state index is 0.427. The van der Waals surface area contributed by atoms with E-state index >= 15 is 0 Å². The summed E-state index contributed by atoms with van der Waals surface area (Å²) in [5.41, 5.74) is 23.8. The van der Waals surface area contributed by atoms with Gasteiger partial charge >= 0.3 is 0 Å². The lowest BCUT2D eigenvalue weighted by molar-refractivity contribution is 1.08. The van der Waals surface area contributed by atoms with Crippen LogP contribution in [0.2, 0.25) is 5.15 Å². The fourth-order valence-corrected chi connectivity index (χ4v) is 15.7. The highest BCUT2D eigenvalue weighted by molar-refractivity contribution is 6.35. The van der Waals surface area contributed by atoms with Gasteiger partial charge in [-0.15, -0.1) is 0 Å². The highest BCUT2D eigenvalue weighted by atomic mass is 35.5. The van der Waals surface area contributed by atoms with Gasteiger partial charge in [0.15, 0.2) is 11.0 Å². The average Bonchev–Trinajstić information content (AvgIpc) is 1.53. The van der Waals surface area contributed by atoms with Gasteiger partial charge in [0, 0.05) is 76.0 Å². The van der Waals surface area contributed by atoms with Gasteiger partial charge < -0.3 is 13.8 Å². The summed E-state index contributed by atoms with van der Waals surface area (Å²) < 4.78 is 7.28. The molecule has 0 atom stereocenters. The van der Waals surface area contributed by atoms with E-state index in [0.717, 1.165) is 55.7 Å². The Hall–Kier alpha value is -12.8. The minimum Gasteiger partial charge on any atom is -0.354 e. The number of aromatic nitrogens is 8. The second-order valence-electron chi connectivity index (χ2n) is 25.0. The first-order valence-electron chi connectivity index (χ1n) is 32.7. The molecule has 22 rings (SSSR count). The van der Waals surface area contributed by atoms with E-state index in [4.69, 9.17) is 21.6 Å². The second kappa shape index (κ2) is 21.7. The van der Waals surface area contributed by atoms with Gasteiger partial charge in [-0.1, -0.05) is 254 Å². The first-order valence-corrected chi connectivity index (χ1v) is 33.1. The van der Waals surface area contributed by atoms with Crippen molar-refractivity contribution >= 4 is 153 Å². The predicted molar refractivity (Wildman–Crippen MR) is 405 cm³/mol. The Morgan fingerprint density at radius 1 is 0.237 bits per heavy atom. The van der Waals surface area contributed by atoms with Crippen molar-refractivity contribution in [3.8, 4) is 50.6 Å². The molecule has 14 aromatic carbocycles. The number of hydrogen-bond acceptors (Lipinski definition) is 4. The Morgan fingerprint density at radius 3 is 1.16 bits per heavy atom. The van der Waals surface area contributed by atoms with Gasteiger partial charge in [0.05, 0.1) is 66.2 Å². The zero-order valence-corrected chi connectivity index (χ0v) is 52.8. The largest absolute Gasteiger partial charge is 0.354 e. The van der Waals surface area contributed by atoms with E-state index < -0.39 is 0 Å². The molecule has 0 aliphatic carbocycles. The van der Waals surface area contributed by atoms with E-state index in [1.807, 2.05) is 66.7 Å². The van der Waals surface area contributed by atoms with Gasteiger partial charge in [-0.2, -0.15) is 0 Å². The molecule has 97 heavy (non-hydrogen) atoms. The molecule has 0 saturated heterocycles. The lowest BCUT2D eigenvalue weighted by Gasteiger charge is -2.14. The standard InChI is InChI=1S/C44H26N4.C24H14N2.C20H13ClN2/c1-2-11-27(12-3-1)28-21-23-29(24-22-28)42-44(46-35-17-7-6-16-34(35)45-42)48-38-20-10-15-32-30-13-4-8-18-36(30)47-37-19-9-5-14-31(37)33-25-26-39(48)41(40(32)38)43(33)47;1-3-10-20-14(6-1)16-8-5-9-18-22(16)23-19(25-18)13-12-17-15-7-2-4-11-21(15)26(20)24(17)23;21-20-19(22-17-8-4-5-9-18(17)23-20)16-12-10-15(11-13-16)14-6-2-1-3-7-14/h1-26H;1-13,25H;1-13H. The summed E-state index contributed by atoms with van der Waals surface area (Å²) in [5.74, 6) is 0.828. The van der Waals surface area contributed by atoms with E-state index in [1.54, 1.807) is 0 Å². The number of aromatic amines is 1. The fraction of sp³-hybridized carbons (Fsp3) is 0. The van der Waals surface area contributed by atoms with Crippen molar-refractivity contribution in [2.24, 2.45) is 0 Å². The third kappa shape index (κ3) is 8.44. The zero-order valence-electron chi connectivity index (χ0n) is 52.0. The van der Waals surface area contributed by atoms with Crippen molar-refractivity contribution in [2.75, 3.05) is 0 Å².